The Morgan fingerprint density at radius 3 is 1.87 bits per heavy atom. The van der Waals surface area contributed by atoms with Gasteiger partial charge >= 0.3 is 6.09 Å². The van der Waals surface area contributed by atoms with Gasteiger partial charge in [-0.3, -0.25) is 9.59 Å². The van der Waals surface area contributed by atoms with Gasteiger partial charge in [-0.25, -0.2) is 4.79 Å². The molecule has 23 heavy (non-hydrogen) atoms. The fourth-order valence-corrected chi connectivity index (χ4v) is 2.32. The molecule has 1 atom stereocenters. The largest absolute Gasteiger partial charge is 0.444 e. The Hall–Kier alpha value is -2.17. The van der Waals surface area contributed by atoms with E-state index in [0.29, 0.717) is 5.56 Å². The van der Waals surface area contributed by atoms with Gasteiger partial charge in [-0.05, 0) is 47.1 Å². The number of amides is 1. The topological polar surface area (TPSA) is 72.5 Å². The number of carbonyl (C=O) groups is 3. The number of nitrogens with one attached hydrogen (secondary N) is 1. The number of hydrogen-bond acceptors (Lipinski definition) is 4. The molecule has 0 aliphatic rings. The van der Waals surface area contributed by atoms with Gasteiger partial charge < -0.3 is 10.1 Å². The highest BCUT2D eigenvalue weighted by molar-refractivity contribution is 6.01. The van der Waals surface area contributed by atoms with Crippen LogP contribution in [0.1, 0.15) is 51.8 Å². The second kappa shape index (κ2) is 7.40. The lowest BCUT2D eigenvalue weighted by atomic mass is 9.87. The van der Waals surface area contributed by atoms with Crippen molar-refractivity contribution in [3.63, 3.8) is 0 Å². The third-order valence-corrected chi connectivity index (χ3v) is 3.32. The van der Waals surface area contributed by atoms with E-state index in [0.717, 1.165) is 5.56 Å². The quantitative estimate of drug-likeness (QED) is 0.845. The van der Waals surface area contributed by atoms with Crippen LogP contribution in [-0.2, 0) is 14.3 Å². The Balaban J connectivity index is 3.15. The van der Waals surface area contributed by atoms with Crippen LogP contribution in [0.5, 0.6) is 0 Å². The van der Waals surface area contributed by atoms with Crippen LogP contribution >= 0.6 is 0 Å². The predicted octanol–water partition coefficient (Wildman–Crippen LogP) is 3.36. The molecule has 0 saturated carbocycles. The van der Waals surface area contributed by atoms with Crippen LogP contribution in [0, 0.1) is 12.8 Å². The Morgan fingerprint density at radius 2 is 1.48 bits per heavy atom. The molecule has 0 radical (unpaired) electrons. The summed E-state index contributed by atoms with van der Waals surface area (Å²) < 4.78 is 5.25. The van der Waals surface area contributed by atoms with Gasteiger partial charge in [0, 0.05) is 0 Å². The first-order valence-electron chi connectivity index (χ1n) is 7.58. The van der Waals surface area contributed by atoms with Crippen molar-refractivity contribution in [2.45, 2.75) is 53.2 Å². The maximum absolute atomic E-state index is 12.1. The van der Waals surface area contributed by atoms with Crippen molar-refractivity contribution in [1.29, 1.82) is 0 Å². The molecule has 1 aromatic rings. The maximum atomic E-state index is 12.1. The summed E-state index contributed by atoms with van der Waals surface area (Å²) in [6, 6.07) is 6.60. The first-order chi connectivity index (χ1) is 10.5. The number of alkyl carbamates (subject to hydrolysis) is 1. The first kappa shape index (κ1) is 18.9. The minimum Gasteiger partial charge on any atom is -0.444 e. The molecule has 0 aliphatic carbocycles. The van der Waals surface area contributed by atoms with Crippen LogP contribution in [-0.4, -0.2) is 23.3 Å². The number of hydrogen-bond donors (Lipinski definition) is 1. The van der Waals surface area contributed by atoms with Crippen molar-refractivity contribution in [1.82, 2.24) is 5.32 Å². The Morgan fingerprint density at radius 1 is 1.00 bits per heavy atom. The van der Waals surface area contributed by atoms with Crippen molar-refractivity contribution in [2.24, 2.45) is 5.92 Å². The molecule has 5 heteroatoms. The molecule has 0 fully saturated rings. The van der Waals surface area contributed by atoms with Crippen LogP contribution in [0.25, 0.3) is 0 Å². The summed E-state index contributed by atoms with van der Waals surface area (Å²) >= 11 is 0. The molecule has 1 aromatic carbocycles. The van der Waals surface area contributed by atoms with E-state index in [9.17, 15) is 14.4 Å². The summed E-state index contributed by atoms with van der Waals surface area (Å²) in [5.74, 6) is -1.52. The number of ketones is 2. The normalized spacial score (nSPS) is 12.7. The molecular formula is C18H25NO4. The average Bonchev–Trinajstić information content (AvgIpc) is 2.35. The van der Waals surface area contributed by atoms with E-state index >= 15 is 0 Å². The highest BCUT2D eigenvalue weighted by Crippen LogP contribution is 2.25. The minimum absolute atomic E-state index is 0.292. The monoisotopic (exact) mass is 319 g/mol. The number of ether oxygens (including phenoxy) is 1. The third kappa shape index (κ3) is 5.85. The third-order valence-electron chi connectivity index (χ3n) is 3.32. The highest BCUT2D eigenvalue weighted by Gasteiger charge is 2.33. The van der Waals surface area contributed by atoms with E-state index in [2.05, 4.69) is 5.32 Å². The minimum atomic E-state index is -0.940. The lowest BCUT2D eigenvalue weighted by Gasteiger charge is -2.27. The summed E-state index contributed by atoms with van der Waals surface area (Å²) in [6.45, 7) is 9.89. The second-order valence-corrected chi connectivity index (χ2v) is 6.73. The number of carbonyl (C=O) groups excluding carboxylic acids is 3. The van der Waals surface area contributed by atoms with E-state index in [4.69, 9.17) is 4.74 Å². The fourth-order valence-electron chi connectivity index (χ4n) is 2.32. The number of rotatable bonds is 5. The molecule has 0 aromatic heterocycles. The number of benzene rings is 1. The molecule has 0 bridgehead atoms. The second-order valence-electron chi connectivity index (χ2n) is 6.73. The van der Waals surface area contributed by atoms with Crippen LogP contribution < -0.4 is 5.32 Å². The summed E-state index contributed by atoms with van der Waals surface area (Å²) in [7, 11) is 0. The van der Waals surface area contributed by atoms with E-state index in [1.54, 1.807) is 32.9 Å². The van der Waals surface area contributed by atoms with Crippen LogP contribution in [0.3, 0.4) is 0 Å². The molecule has 126 valence electrons. The van der Waals surface area contributed by atoms with Crippen molar-refractivity contribution in [2.75, 3.05) is 0 Å². The molecule has 0 spiro atoms. The predicted molar refractivity (Wildman–Crippen MR) is 88.1 cm³/mol. The molecule has 1 unspecified atom stereocenters. The summed E-state index contributed by atoms with van der Waals surface area (Å²) in [5, 5.41) is 2.67. The molecule has 1 N–H and O–H groups in total. The smallest absolute Gasteiger partial charge is 0.408 e. The average molecular weight is 319 g/mol. The molecule has 0 heterocycles. The molecular weight excluding hydrogens is 294 g/mol. The van der Waals surface area contributed by atoms with Gasteiger partial charge in [0.25, 0.3) is 0 Å². The number of aryl methyl sites for hydroxylation is 1. The van der Waals surface area contributed by atoms with Crippen LogP contribution in [0.15, 0.2) is 24.3 Å². The molecule has 0 aliphatic heterocycles. The van der Waals surface area contributed by atoms with Crippen molar-refractivity contribution >= 4 is 17.7 Å². The molecule has 1 amide bonds. The van der Waals surface area contributed by atoms with E-state index in [1.165, 1.54) is 13.8 Å². The molecule has 5 nitrogen and oxygen atoms in total. The zero-order chi connectivity index (χ0) is 17.8. The Labute approximate surface area is 137 Å². The van der Waals surface area contributed by atoms with E-state index in [-0.39, 0.29) is 11.6 Å². The molecule has 0 saturated heterocycles. The summed E-state index contributed by atoms with van der Waals surface area (Å²) in [4.78, 5) is 35.9. The van der Waals surface area contributed by atoms with E-state index in [1.807, 2.05) is 19.1 Å². The van der Waals surface area contributed by atoms with E-state index < -0.39 is 23.7 Å². The Kier molecular flexibility index (Phi) is 6.07. The van der Waals surface area contributed by atoms with Crippen molar-refractivity contribution in [3.8, 4) is 0 Å². The van der Waals surface area contributed by atoms with Crippen LogP contribution in [0.2, 0.25) is 0 Å². The number of Topliss-reactive ketones (excluding diaryl/α,β-unsaturated/α-hetero) is 2. The van der Waals surface area contributed by atoms with Gasteiger partial charge in [-0.1, -0.05) is 29.8 Å². The lowest BCUT2D eigenvalue weighted by Crippen LogP contribution is -2.41. The summed E-state index contributed by atoms with van der Waals surface area (Å²) in [6.07, 6.45) is -0.657. The van der Waals surface area contributed by atoms with Gasteiger partial charge in [-0.2, -0.15) is 0 Å². The molecule has 1 rings (SSSR count). The SMILES string of the molecule is CC(=O)C(C(C)=O)C(NC(=O)OC(C)(C)C)c1ccc(C)cc1. The van der Waals surface area contributed by atoms with Gasteiger partial charge in [-0.15, -0.1) is 0 Å². The Bertz CT molecular complexity index is 570. The lowest BCUT2D eigenvalue weighted by molar-refractivity contribution is -0.131. The maximum Gasteiger partial charge on any atom is 0.408 e. The summed E-state index contributed by atoms with van der Waals surface area (Å²) in [5.41, 5.74) is 1.08. The van der Waals surface area contributed by atoms with Crippen molar-refractivity contribution in [3.05, 3.63) is 35.4 Å². The highest BCUT2D eigenvalue weighted by atomic mass is 16.6. The zero-order valence-electron chi connectivity index (χ0n) is 14.6. The van der Waals surface area contributed by atoms with Crippen LogP contribution in [0.4, 0.5) is 4.79 Å². The fraction of sp³-hybridized carbons (Fsp3) is 0.500. The van der Waals surface area contributed by atoms with Gasteiger partial charge in [0.1, 0.15) is 23.1 Å². The standard InChI is InChI=1S/C18H25NO4/c1-11-7-9-14(10-8-11)16(15(12(2)20)13(3)21)19-17(22)23-18(4,5)6/h7-10,15-16H,1-6H3,(H,19,22). The van der Waals surface area contributed by atoms with Gasteiger partial charge in [0.05, 0.1) is 6.04 Å². The van der Waals surface area contributed by atoms with Gasteiger partial charge in [0.2, 0.25) is 0 Å². The first-order valence-corrected chi connectivity index (χ1v) is 7.58. The zero-order valence-corrected chi connectivity index (χ0v) is 14.6. The van der Waals surface area contributed by atoms with Crippen molar-refractivity contribution < 1.29 is 19.1 Å². The van der Waals surface area contributed by atoms with Gasteiger partial charge in [0.15, 0.2) is 0 Å².